The van der Waals surface area contributed by atoms with Crippen molar-refractivity contribution in [2.24, 2.45) is 0 Å². The van der Waals surface area contributed by atoms with Crippen LogP contribution in [0.25, 0.3) is 0 Å². The molecule has 0 aliphatic heterocycles. The van der Waals surface area contributed by atoms with Gasteiger partial charge in [-0.2, -0.15) is 0 Å². The highest BCUT2D eigenvalue weighted by atomic mass is 19.1. The first-order valence-electron chi connectivity index (χ1n) is 4.18. The van der Waals surface area contributed by atoms with Crippen LogP contribution in [0, 0.1) is 6.92 Å². The number of nitrogen functional groups attached to an aromatic ring is 1. The molecule has 1 heterocycles. The smallest absolute Gasteiger partial charge is 0.250 e. The number of pyridine rings is 1. The molecule has 0 atom stereocenters. The summed E-state index contributed by atoms with van der Waals surface area (Å²) in [7, 11) is 0. The lowest BCUT2D eigenvalue weighted by atomic mass is 10.3. The first-order chi connectivity index (χ1) is 6.16. The zero-order chi connectivity index (χ0) is 9.84. The lowest BCUT2D eigenvalue weighted by Crippen LogP contribution is -2.22. The Bertz CT molecular complexity index is 346. The molecule has 1 aromatic rings. The second-order valence-electron chi connectivity index (χ2n) is 2.91. The minimum absolute atomic E-state index is 0.125. The van der Waals surface area contributed by atoms with Crippen LogP contribution in [0.2, 0.25) is 0 Å². The molecule has 0 spiro atoms. The Balaban J connectivity index is 3.03. The molecule has 13 heavy (non-hydrogen) atoms. The van der Waals surface area contributed by atoms with Gasteiger partial charge in [-0.3, -0.25) is 9.18 Å². The third-order valence-corrected chi connectivity index (χ3v) is 2.01. The van der Waals surface area contributed by atoms with Gasteiger partial charge in [0, 0.05) is 18.3 Å². The molecule has 3 nitrogen and oxygen atoms in total. The molecule has 72 valence electrons. The third kappa shape index (κ3) is 2.08. The molecule has 0 radical (unpaired) electrons. The number of anilines is 1. The second kappa shape index (κ2) is 4.07. The minimum atomic E-state index is -0.416. The van der Waals surface area contributed by atoms with Crippen molar-refractivity contribution in [1.29, 1.82) is 0 Å². The number of hydrogen-bond acceptors (Lipinski definition) is 2. The van der Waals surface area contributed by atoms with Crippen molar-refractivity contribution in [3.63, 3.8) is 0 Å². The highest BCUT2D eigenvalue weighted by Crippen LogP contribution is 2.06. The fourth-order valence-electron chi connectivity index (χ4n) is 1.19. The van der Waals surface area contributed by atoms with Crippen molar-refractivity contribution in [3.8, 4) is 0 Å². The molecule has 0 saturated heterocycles. The first-order valence-corrected chi connectivity index (χ1v) is 4.18. The molecular weight excluding hydrogens is 171 g/mol. The highest BCUT2D eigenvalue weighted by Gasteiger charge is 2.02. The Morgan fingerprint density at radius 2 is 2.23 bits per heavy atom. The average molecular weight is 184 g/mol. The molecule has 0 aromatic carbocycles. The molecule has 0 bridgehead atoms. The summed E-state index contributed by atoms with van der Waals surface area (Å²) in [4.78, 5) is 11.3. The summed E-state index contributed by atoms with van der Waals surface area (Å²) in [5.74, 6) is 0. The Morgan fingerprint density at radius 3 is 2.85 bits per heavy atom. The number of rotatable bonds is 3. The molecule has 1 aromatic heterocycles. The van der Waals surface area contributed by atoms with Crippen LogP contribution in [0.1, 0.15) is 12.1 Å². The summed E-state index contributed by atoms with van der Waals surface area (Å²) in [6.45, 7) is 1.74. The first kappa shape index (κ1) is 9.77. The fourth-order valence-corrected chi connectivity index (χ4v) is 1.19. The molecule has 1 rings (SSSR count). The van der Waals surface area contributed by atoms with E-state index in [2.05, 4.69) is 0 Å². The van der Waals surface area contributed by atoms with Crippen molar-refractivity contribution >= 4 is 5.69 Å². The van der Waals surface area contributed by atoms with Crippen LogP contribution in [-0.2, 0) is 6.54 Å². The van der Waals surface area contributed by atoms with Gasteiger partial charge in [0.2, 0.25) is 0 Å². The maximum absolute atomic E-state index is 11.9. The van der Waals surface area contributed by atoms with Gasteiger partial charge in [0.15, 0.2) is 0 Å². The lowest BCUT2D eigenvalue weighted by molar-refractivity contribution is 0.441. The van der Waals surface area contributed by atoms with Crippen LogP contribution in [0.15, 0.2) is 16.9 Å². The van der Waals surface area contributed by atoms with Crippen LogP contribution in [-0.4, -0.2) is 11.2 Å². The predicted octanol–water partition coefficient (Wildman–Crippen LogP) is 1.10. The van der Waals surface area contributed by atoms with Gasteiger partial charge in [0.1, 0.15) is 0 Å². The molecule has 0 saturated carbocycles. The van der Waals surface area contributed by atoms with E-state index in [1.807, 2.05) is 0 Å². The van der Waals surface area contributed by atoms with E-state index in [0.29, 0.717) is 24.3 Å². The minimum Gasteiger partial charge on any atom is -0.397 e. The molecule has 0 aliphatic carbocycles. The van der Waals surface area contributed by atoms with E-state index in [0.717, 1.165) is 0 Å². The zero-order valence-electron chi connectivity index (χ0n) is 7.59. The summed E-state index contributed by atoms with van der Waals surface area (Å²) < 4.78 is 13.4. The van der Waals surface area contributed by atoms with Gasteiger partial charge in [-0.05, 0) is 19.4 Å². The lowest BCUT2D eigenvalue weighted by Gasteiger charge is -2.09. The van der Waals surface area contributed by atoms with E-state index in [9.17, 15) is 9.18 Å². The fraction of sp³-hybridized carbons (Fsp3) is 0.444. The summed E-state index contributed by atoms with van der Waals surface area (Å²) in [6, 6.07) is 2.98. The van der Waals surface area contributed by atoms with Crippen LogP contribution < -0.4 is 11.3 Å². The van der Waals surface area contributed by atoms with Crippen molar-refractivity contribution in [2.75, 3.05) is 12.4 Å². The summed E-state index contributed by atoms with van der Waals surface area (Å²) in [5, 5.41) is 0. The molecule has 0 amide bonds. The SMILES string of the molecule is Cc1c(N)ccc(=O)n1CCCF. The molecule has 0 unspecified atom stereocenters. The van der Waals surface area contributed by atoms with Crippen LogP contribution in [0.5, 0.6) is 0 Å². The van der Waals surface area contributed by atoms with Gasteiger partial charge in [0.05, 0.1) is 12.4 Å². The van der Waals surface area contributed by atoms with E-state index in [4.69, 9.17) is 5.73 Å². The number of nitrogens with zero attached hydrogens (tertiary/aromatic N) is 1. The summed E-state index contributed by atoms with van der Waals surface area (Å²) in [5.41, 5.74) is 6.76. The van der Waals surface area contributed by atoms with Gasteiger partial charge >= 0.3 is 0 Å². The Hall–Kier alpha value is -1.32. The van der Waals surface area contributed by atoms with Gasteiger partial charge in [-0.15, -0.1) is 0 Å². The monoisotopic (exact) mass is 184 g/mol. The van der Waals surface area contributed by atoms with Crippen molar-refractivity contribution < 1.29 is 4.39 Å². The normalized spacial score (nSPS) is 10.3. The van der Waals surface area contributed by atoms with Crippen LogP contribution >= 0.6 is 0 Å². The number of hydrogen-bond donors (Lipinski definition) is 1. The van der Waals surface area contributed by atoms with E-state index in [1.54, 1.807) is 13.0 Å². The van der Waals surface area contributed by atoms with Crippen LogP contribution in [0.3, 0.4) is 0 Å². The third-order valence-electron chi connectivity index (χ3n) is 2.01. The van der Waals surface area contributed by atoms with Crippen molar-refractivity contribution in [3.05, 3.63) is 28.2 Å². The van der Waals surface area contributed by atoms with Gasteiger partial charge < -0.3 is 10.3 Å². The largest absolute Gasteiger partial charge is 0.397 e. The number of aromatic nitrogens is 1. The van der Waals surface area contributed by atoms with E-state index < -0.39 is 6.67 Å². The average Bonchev–Trinajstić information content (AvgIpc) is 2.12. The van der Waals surface area contributed by atoms with Crippen LogP contribution in [0.4, 0.5) is 10.1 Å². The zero-order valence-corrected chi connectivity index (χ0v) is 7.59. The van der Waals surface area contributed by atoms with Crippen molar-refractivity contribution in [1.82, 2.24) is 4.57 Å². The summed E-state index contributed by atoms with van der Waals surface area (Å²) >= 11 is 0. The quantitative estimate of drug-likeness (QED) is 0.764. The topological polar surface area (TPSA) is 48.0 Å². The van der Waals surface area contributed by atoms with Gasteiger partial charge in [0.25, 0.3) is 5.56 Å². The van der Waals surface area contributed by atoms with E-state index >= 15 is 0 Å². The highest BCUT2D eigenvalue weighted by molar-refractivity contribution is 5.41. The number of alkyl halides is 1. The van der Waals surface area contributed by atoms with Gasteiger partial charge in [-0.1, -0.05) is 0 Å². The number of nitrogens with two attached hydrogens (primary N) is 1. The van der Waals surface area contributed by atoms with Crippen molar-refractivity contribution in [2.45, 2.75) is 19.9 Å². The maximum Gasteiger partial charge on any atom is 0.250 e. The Morgan fingerprint density at radius 1 is 1.54 bits per heavy atom. The molecule has 0 aliphatic rings. The Labute approximate surface area is 76.0 Å². The summed E-state index contributed by atoms with van der Waals surface area (Å²) in [6.07, 6.45) is 0.351. The van der Waals surface area contributed by atoms with E-state index in [-0.39, 0.29) is 5.56 Å². The maximum atomic E-state index is 11.9. The molecule has 0 fully saturated rings. The van der Waals surface area contributed by atoms with Gasteiger partial charge in [-0.25, -0.2) is 0 Å². The standard InChI is InChI=1S/C9H13FN2O/c1-7-8(11)3-4-9(13)12(7)6-2-5-10/h3-4H,2,5-6,11H2,1H3. The van der Waals surface area contributed by atoms with E-state index in [1.165, 1.54) is 10.6 Å². The molecule has 4 heteroatoms. The molecular formula is C9H13FN2O. The molecule has 2 N–H and O–H groups in total. The predicted molar refractivity (Wildman–Crippen MR) is 50.4 cm³/mol. The Kier molecular flexibility index (Phi) is 3.06. The number of halogens is 1. The second-order valence-corrected chi connectivity index (χ2v) is 2.91.